The quantitative estimate of drug-likeness (QED) is 0.708. The SMILES string of the molecule is Cc1cccc(C(C)C)c1NC(=O)c1cccc(-n2cccc2)c1. The average molecular weight is 318 g/mol. The highest BCUT2D eigenvalue weighted by Crippen LogP contribution is 2.28. The van der Waals surface area contributed by atoms with E-state index in [0.717, 1.165) is 22.5 Å². The molecule has 3 aromatic rings. The first-order valence-corrected chi connectivity index (χ1v) is 8.20. The number of aromatic nitrogens is 1. The van der Waals surface area contributed by atoms with Crippen LogP contribution in [-0.4, -0.2) is 10.5 Å². The monoisotopic (exact) mass is 318 g/mol. The molecule has 1 N–H and O–H groups in total. The van der Waals surface area contributed by atoms with E-state index in [1.807, 2.05) is 72.4 Å². The van der Waals surface area contributed by atoms with Gasteiger partial charge in [-0.3, -0.25) is 4.79 Å². The number of nitrogens with zero attached hydrogens (tertiary/aromatic N) is 1. The Morgan fingerprint density at radius 2 is 1.71 bits per heavy atom. The van der Waals surface area contributed by atoms with Crippen LogP contribution in [-0.2, 0) is 0 Å². The number of anilines is 1. The molecule has 24 heavy (non-hydrogen) atoms. The number of hydrogen-bond donors (Lipinski definition) is 1. The summed E-state index contributed by atoms with van der Waals surface area (Å²) in [6.45, 7) is 6.30. The minimum atomic E-state index is -0.0831. The van der Waals surface area contributed by atoms with Crippen LogP contribution in [0.2, 0.25) is 0 Å². The molecule has 1 heterocycles. The first-order chi connectivity index (χ1) is 11.6. The molecule has 0 atom stereocenters. The van der Waals surface area contributed by atoms with E-state index in [0.29, 0.717) is 11.5 Å². The minimum absolute atomic E-state index is 0.0831. The predicted molar refractivity (Wildman–Crippen MR) is 99.0 cm³/mol. The number of aryl methyl sites for hydroxylation is 1. The van der Waals surface area contributed by atoms with Gasteiger partial charge in [-0.1, -0.05) is 38.1 Å². The van der Waals surface area contributed by atoms with Crippen molar-refractivity contribution in [3.63, 3.8) is 0 Å². The van der Waals surface area contributed by atoms with Crippen molar-refractivity contribution in [2.75, 3.05) is 5.32 Å². The minimum Gasteiger partial charge on any atom is -0.324 e. The fraction of sp³-hybridized carbons (Fsp3) is 0.190. The second-order valence-corrected chi connectivity index (χ2v) is 6.29. The average Bonchev–Trinajstić information content (AvgIpc) is 3.11. The number of para-hydroxylation sites is 1. The highest BCUT2D eigenvalue weighted by atomic mass is 16.1. The number of benzene rings is 2. The standard InChI is InChI=1S/C21H22N2O/c1-15(2)19-11-6-8-16(3)20(19)22-21(24)17-9-7-10-18(14-17)23-12-4-5-13-23/h4-15H,1-3H3,(H,22,24). The second kappa shape index (κ2) is 6.75. The third-order valence-corrected chi connectivity index (χ3v) is 4.18. The summed E-state index contributed by atoms with van der Waals surface area (Å²) in [4.78, 5) is 12.7. The molecule has 3 nitrogen and oxygen atoms in total. The highest BCUT2D eigenvalue weighted by molar-refractivity contribution is 6.05. The molecule has 0 aliphatic heterocycles. The maximum Gasteiger partial charge on any atom is 0.255 e. The fourth-order valence-electron chi connectivity index (χ4n) is 2.84. The lowest BCUT2D eigenvalue weighted by Crippen LogP contribution is -2.15. The van der Waals surface area contributed by atoms with Crippen molar-refractivity contribution >= 4 is 11.6 Å². The van der Waals surface area contributed by atoms with Gasteiger partial charge in [0.1, 0.15) is 0 Å². The van der Waals surface area contributed by atoms with E-state index >= 15 is 0 Å². The van der Waals surface area contributed by atoms with Gasteiger partial charge in [0.25, 0.3) is 5.91 Å². The van der Waals surface area contributed by atoms with Crippen molar-refractivity contribution in [2.45, 2.75) is 26.7 Å². The van der Waals surface area contributed by atoms with Crippen LogP contribution < -0.4 is 5.32 Å². The summed E-state index contributed by atoms with van der Waals surface area (Å²) in [5.41, 5.74) is 4.78. The Morgan fingerprint density at radius 3 is 2.42 bits per heavy atom. The molecule has 122 valence electrons. The summed E-state index contributed by atoms with van der Waals surface area (Å²) < 4.78 is 1.99. The van der Waals surface area contributed by atoms with Crippen molar-refractivity contribution in [1.82, 2.24) is 4.57 Å². The number of carbonyl (C=O) groups excluding carboxylic acids is 1. The first-order valence-electron chi connectivity index (χ1n) is 8.20. The zero-order valence-electron chi connectivity index (χ0n) is 14.3. The largest absolute Gasteiger partial charge is 0.324 e. The molecule has 3 heteroatoms. The lowest BCUT2D eigenvalue weighted by atomic mass is 9.98. The molecule has 0 saturated carbocycles. The molecule has 3 rings (SSSR count). The van der Waals surface area contributed by atoms with Crippen LogP contribution in [0.25, 0.3) is 5.69 Å². The maximum atomic E-state index is 12.7. The van der Waals surface area contributed by atoms with Gasteiger partial charge >= 0.3 is 0 Å². The third-order valence-electron chi connectivity index (χ3n) is 4.18. The maximum absolute atomic E-state index is 12.7. The van der Waals surface area contributed by atoms with Crippen LogP contribution >= 0.6 is 0 Å². The molecule has 0 aliphatic rings. The van der Waals surface area contributed by atoms with Crippen LogP contribution in [0.5, 0.6) is 0 Å². The van der Waals surface area contributed by atoms with Crippen molar-refractivity contribution in [3.8, 4) is 5.69 Å². The molecule has 0 radical (unpaired) electrons. The zero-order chi connectivity index (χ0) is 17.1. The van der Waals surface area contributed by atoms with Crippen molar-refractivity contribution in [3.05, 3.63) is 83.7 Å². The molecule has 1 aromatic heterocycles. The van der Waals surface area contributed by atoms with Crippen molar-refractivity contribution < 1.29 is 4.79 Å². The van der Waals surface area contributed by atoms with E-state index in [-0.39, 0.29) is 5.91 Å². The molecule has 2 aromatic carbocycles. The van der Waals surface area contributed by atoms with E-state index in [1.54, 1.807) is 0 Å². The molecule has 0 fully saturated rings. The van der Waals surface area contributed by atoms with Crippen molar-refractivity contribution in [2.24, 2.45) is 0 Å². The van der Waals surface area contributed by atoms with Crippen LogP contribution in [0, 0.1) is 6.92 Å². The predicted octanol–water partition coefficient (Wildman–Crippen LogP) is 5.16. The van der Waals surface area contributed by atoms with Gasteiger partial charge < -0.3 is 9.88 Å². The summed E-state index contributed by atoms with van der Waals surface area (Å²) >= 11 is 0. The van der Waals surface area contributed by atoms with Gasteiger partial charge in [0.15, 0.2) is 0 Å². The van der Waals surface area contributed by atoms with Gasteiger partial charge in [0.2, 0.25) is 0 Å². The van der Waals surface area contributed by atoms with Gasteiger partial charge in [-0.05, 0) is 54.3 Å². The second-order valence-electron chi connectivity index (χ2n) is 6.29. The topological polar surface area (TPSA) is 34.0 Å². The third kappa shape index (κ3) is 3.25. The summed E-state index contributed by atoms with van der Waals surface area (Å²) in [5, 5.41) is 3.10. The van der Waals surface area contributed by atoms with Crippen molar-refractivity contribution in [1.29, 1.82) is 0 Å². The summed E-state index contributed by atoms with van der Waals surface area (Å²) in [5.74, 6) is 0.270. The summed E-state index contributed by atoms with van der Waals surface area (Å²) in [7, 11) is 0. The van der Waals surface area contributed by atoms with Crippen LogP contribution in [0.3, 0.4) is 0 Å². The van der Waals surface area contributed by atoms with E-state index in [1.165, 1.54) is 0 Å². The highest BCUT2D eigenvalue weighted by Gasteiger charge is 2.13. The van der Waals surface area contributed by atoms with Gasteiger partial charge in [-0.15, -0.1) is 0 Å². The van der Waals surface area contributed by atoms with E-state index in [9.17, 15) is 4.79 Å². The normalized spacial score (nSPS) is 10.8. The van der Waals surface area contributed by atoms with Crippen LogP contribution in [0.4, 0.5) is 5.69 Å². The molecular formula is C21H22N2O. The number of nitrogens with one attached hydrogen (secondary N) is 1. The molecule has 0 aliphatic carbocycles. The molecule has 0 bridgehead atoms. The van der Waals surface area contributed by atoms with Gasteiger partial charge in [0, 0.05) is 29.3 Å². The Hall–Kier alpha value is -2.81. The molecular weight excluding hydrogens is 296 g/mol. The number of amides is 1. The Bertz CT molecular complexity index is 848. The Kier molecular flexibility index (Phi) is 4.52. The smallest absolute Gasteiger partial charge is 0.255 e. The molecule has 1 amide bonds. The summed E-state index contributed by atoms with van der Waals surface area (Å²) in [6.07, 6.45) is 3.93. The van der Waals surface area contributed by atoms with Crippen LogP contribution in [0.1, 0.15) is 41.3 Å². The number of hydrogen-bond acceptors (Lipinski definition) is 1. The Balaban J connectivity index is 1.90. The number of carbonyl (C=O) groups is 1. The van der Waals surface area contributed by atoms with Gasteiger partial charge in [-0.2, -0.15) is 0 Å². The lowest BCUT2D eigenvalue weighted by molar-refractivity contribution is 0.102. The molecule has 0 saturated heterocycles. The lowest BCUT2D eigenvalue weighted by Gasteiger charge is -2.16. The fourth-order valence-corrected chi connectivity index (χ4v) is 2.84. The zero-order valence-corrected chi connectivity index (χ0v) is 14.3. The molecule has 0 spiro atoms. The first kappa shape index (κ1) is 16.1. The van der Waals surface area contributed by atoms with Gasteiger partial charge in [0.05, 0.1) is 0 Å². The van der Waals surface area contributed by atoms with E-state index in [4.69, 9.17) is 0 Å². The van der Waals surface area contributed by atoms with E-state index in [2.05, 4.69) is 25.2 Å². The number of rotatable bonds is 4. The Labute approximate surface area is 143 Å². The van der Waals surface area contributed by atoms with Crippen LogP contribution in [0.15, 0.2) is 67.0 Å². The summed E-state index contributed by atoms with van der Waals surface area (Å²) in [6, 6.07) is 17.7. The molecule has 0 unspecified atom stereocenters. The van der Waals surface area contributed by atoms with E-state index < -0.39 is 0 Å². The Morgan fingerprint density at radius 1 is 1.00 bits per heavy atom. The van der Waals surface area contributed by atoms with Gasteiger partial charge in [-0.25, -0.2) is 0 Å².